The summed E-state index contributed by atoms with van der Waals surface area (Å²) in [6, 6.07) is 9.59. The number of ether oxygens (including phenoxy) is 1. The second-order valence-electron chi connectivity index (χ2n) is 3.80. The molecular weight excluding hydrogens is 242 g/mol. The van der Waals surface area contributed by atoms with Gasteiger partial charge >= 0.3 is 0 Å². The molecule has 0 aliphatic heterocycles. The summed E-state index contributed by atoms with van der Waals surface area (Å²) in [5.74, 6) is 1.19. The first-order chi connectivity index (χ1) is 9.24. The molecule has 0 fully saturated rings. The molecular formula is C13H13N5O. The summed E-state index contributed by atoms with van der Waals surface area (Å²) in [6.45, 7) is 0. The van der Waals surface area contributed by atoms with Crippen LogP contribution in [0.25, 0.3) is 0 Å². The number of nitrogen functional groups attached to an aromatic ring is 1. The van der Waals surface area contributed by atoms with Gasteiger partial charge in [0, 0.05) is 5.69 Å². The van der Waals surface area contributed by atoms with Gasteiger partial charge in [-0.15, -0.1) is 0 Å². The zero-order chi connectivity index (χ0) is 13.7. The Bertz CT molecular complexity index is 603. The Balaban J connectivity index is 2.22. The molecule has 0 saturated carbocycles. The average molecular weight is 255 g/mol. The molecule has 0 amide bonds. The van der Waals surface area contributed by atoms with Crippen LogP contribution in [-0.4, -0.2) is 17.1 Å². The van der Waals surface area contributed by atoms with Crippen LogP contribution >= 0.6 is 0 Å². The van der Waals surface area contributed by atoms with E-state index in [4.69, 9.17) is 15.7 Å². The maximum Gasteiger partial charge on any atom is 0.204 e. The lowest BCUT2D eigenvalue weighted by molar-refractivity contribution is 0.415. The van der Waals surface area contributed by atoms with Crippen molar-refractivity contribution in [1.29, 1.82) is 5.26 Å². The molecule has 0 aliphatic carbocycles. The monoisotopic (exact) mass is 255 g/mol. The quantitative estimate of drug-likeness (QED) is 0.865. The van der Waals surface area contributed by atoms with Crippen LogP contribution in [0.15, 0.2) is 30.6 Å². The highest BCUT2D eigenvalue weighted by molar-refractivity contribution is 5.67. The number of rotatable bonds is 4. The highest BCUT2D eigenvalue weighted by Crippen LogP contribution is 2.29. The van der Waals surface area contributed by atoms with Gasteiger partial charge in [0.2, 0.25) is 5.75 Å². The van der Waals surface area contributed by atoms with Gasteiger partial charge in [-0.3, -0.25) is 0 Å². The maximum atomic E-state index is 8.61. The third kappa shape index (κ3) is 2.90. The third-order valence-electron chi connectivity index (χ3n) is 2.54. The Labute approximate surface area is 110 Å². The summed E-state index contributed by atoms with van der Waals surface area (Å²) in [7, 11) is 1.51. The fraction of sp³-hybridized carbons (Fsp3) is 0.154. The summed E-state index contributed by atoms with van der Waals surface area (Å²) < 4.78 is 5.16. The molecule has 2 aromatic rings. The van der Waals surface area contributed by atoms with Crippen molar-refractivity contribution >= 4 is 17.3 Å². The minimum Gasteiger partial charge on any atom is -0.490 e. The van der Waals surface area contributed by atoms with Gasteiger partial charge in [-0.25, -0.2) is 9.97 Å². The van der Waals surface area contributed by atoms with Crippen LogP contribution in [0, 0.1) is 11.3 Å². The van der Waals surface area contributed by atoms with Crippen molar-refractivity contribution in [3.05, 3.63) is 36.2 Å². The van der Waals surface area contributed by atoms with Gasteiger partial charge in [0.05, 0.1) is 19.6 Å². The van der Waals surface area contributed by atoms with E-state index in [0.29, 0.717) is 18.0 Å². The molecule has 0 bridgehead atoms. The van der Waals surface area contributed by atoms with Gasteiger partial charge in [0.1, 0.15) is 6.33 Å². The first kappa shape index (κ1) is 12.6. The summed E-state index contributed by atoms with van der Waals surface area (Å²) in [5.41, 5.74) is 7.49. The van der Waals surface area contributed by atoms with E-state index in [2.05, 4.69) is 21.4 Å². The molecule has 0 aliphatic rings. The molecule has 6 heteroatoms. The highest BCUT2D eigenvalue weighted by atomic mass is 16.5. The number of nitrogens with two attached hydrogens (primary N) is 1. The fourth-order valence-electron chi connectivity index (χ4n) is 1.61. The van der Waals surface area contributed by atoms with Crippen LogP contribution in [0.1, 0.15) is 5.56 Å². The lowest BCUT2D eigenvalue weighted by Gasteiger charge is -2.11. The highest BCUT2D eigenvalue weighted by Gasteiger charge is 2.09. The zero-order valence-corrected chi connectivity index (χ0v) is 10.4. The summed E-state index contributed by atoms with van der Waals surface area (Å²) in [6.07, 6.45) is 1.76. The van der Waals surface area contributed by atoms with E-state index in [1.54, 1.807) is 0 Å². The smallest absolute Gasteiger partial charge is 0.204 e. The first-order valence-corrected chi connectivity index (χ1v) is 5.62. The topological polar surface area (TPSA) is 96.8 Å². The van der Waals surface area contributed by atoms with Crippen LogP contribution < -0.4 is 15.8 Å². The van der Waals surface area contributed by atoms with Gasteiger partial charge < -0.3 is 15.8 Å². The Hall–Kier alpha value is -2.81. The largest absolute Gasteiger partial charge is 0.490 e. The van der Waals surface area contributed by atoms with Gasteiger partial charge in [-0.1, -0.05) is 12.1 Å². The molecule has 3 N–H and O–H groups in total. The second-order valence-corrected chi connectivity index (χ2v) is 3.80. The average Bonchev–Trinajstić information content (AvgIpc) is 2.42. The molecule has 0 unspecified atom stereocenters. The molecule has 0 atom stereocenters. The molecule has 0 saturated heterocycles. The van der Waals surface area contributed by atoms with E-state index in [1.807, 2.05) is 24.3 Å². The molecule has 1 aromatic heterocycles. The van der Waals surface area contributed by atoms with Gasteiger partial charge in [-0.05, 0) is 17.7 Å². The number of hydrogen-bond acceptors (Lipinski definition) is 6. The minimum atomic E-state index is 0.279. The van der Waals surface area contributed by atoms with Crippen molar-refractivity contribution in [3.8, 4) is 11.8 Å². The van der Waals surface area contributed by atoms with Crippen molar-refractivity contribution < 1.29 is 4.74 Å². The molecule has 96 valence electrons. The van der Waals surface area contributed by atoms with Gasteiger partial charge in [0.15, 0.2) is 11.6 Å². The zero-order valence-electron chi connectivity index (χ0n) is 10.4. The minimum absolute atomic E-state index is 0.279. The lowest BCUT2D eigenvalue weighted by Crippen LogP contribution is -2.02. The molecule has 0 spiro atoms. The lowest BCUT2D eigenvalue weighted by atomic mass is 10.1. The van der Waals surface area contributed by atoms with E-state index in [9.17, 15) is 0 Å². The molecule has 1 aromatic carbocycles. The number of nitrogens with one attached hydrogen (secondary N) is 1. The van der Waals surface area contributed by atoms with E-state index in [-0.39, 0.29) is 5.82 Å². The van der Waals surface area contributed by atoms with Crippen LogP contribution in [0.2, 0.25) is 0 Å². The van der Waals surface area contributed by atoms with Crippen molar-refractivity contribution in [2.24, 2.45) is 0 Å². The predicted molar refractivity (Wildman–Crippen MR) is 72.0 cm³/mol. The Kier molecular flexibility index (Phi) is 3.78. The molecule has 6 nitrogen and oxygen atoms in total. The summed E-state index contributed by atoms with van der Waals surface area (Å²) in [5, 5.41) is 11.7. The van der Waals surface area contributed by atoms with Crippen molar-refractivity contribution in [2.45, 2.75) is 6.42 Å². The van der Waals surface area contributed by atoms with Crippen LogP contribution in [-0.2, 0) is 6.42 Å². The number of methoxy groups -OCH3 is 1. The normalized spacial score (nSPS) is 9.68. The first-order valence-electron chi connectivity index (χ1n) is 5.62. The number of nitrogens with zero attached hydrogens (tertiary/aromatic N) is 3. The van der Waals surface area contributed by atoms with E-state index >= 15 is 0 Å². The van der Waals surface area contributed by atoms with Crippen molar-refractivity contribution in [3.63, 3.8) is 0 Å². The van der Waals surface area contributed by atoms with E-state index < -0.39 is 0 Å². The van der Waals surface area contributed by atoms with Crippen LogP contribution in [0.3, 0.4) is 0 Å². The molecule has 2 rings (SSSR count). The number of aromatic nitrogens is 2. The predicted octanol–water partition coefficient (Wildman–Crippen LogP) is 1.88. The van der Waals surface area contributed by atoms with Crippen LogP contribution in [0.4, 0.5) is 17.3 Å². The fourth-order valence-corrected chi connectivity index (χ4v) is 1.61. The SMILES string of the molecule is COc1c(N)ncnc1Nc1ccc(CC#N)cc1. The summed E-state index contributed by atoms with van der Waals surface area (Å²) >= 11 is 0. The van der Waals surface area contributed by atoms with Crippen LogP contribution in [0.5, 0.6) is 5.75 Å². The number of benzene rings is 1. The number of hydrogen-bond donors (Lipinski definition) is 2. The molecule has 1 heterocycles. The molecule has 19 heavy (non-hydrogen) atoms. The standard InChI is InChI=1S/C13H13N5O/c1-19-11-12(15)16-8-17-13(11)18-10-4-2-9(3-5-10)6-7-14/h2-5,8H,6H2,1H3,(H3,15,16,17,18). The number of anilines is 3. The second kappa shape index (κ2) is 5.69. The third-order valence-corrected chi connectivity index (χ3v) is 2.54. The van der Waals surface area contributed by atoms with E-state index in [0.717, 1.165) is 11.3 Å². The van der Waals surface area contributed by atoms with Crippen molar-refractivity contribution in [1.82, 2.24) is 9.97 Å². The maximum absolute atomic E-state index is 8.61. The van der Waals surface area contributed by atoms with E-state index in [1.165, 1.54) is 13.4 Å². The van der Waals surface area contributed by atoms with Gasteiger partial charge in [0.25, 0.3) is 0 Å². The van der Waals surface area contributed by atoms with Crippen molar-refractivity contribution in [2.75, 3.05) is 18.2 Å². The Morgan fingerprint density at radius 3 is 2.68 bits per heavy atom. The summed E-state index contributed by atoms with van der Waals surface area (Å²) in [4.78, 5) is 7.94. The Morgan fingerprint density at radius 1 is 1.32 bits per heavy atom. The number of nitriles is 1. The molecule has 0 radical (unpaired) electrons. The Morgan fingerprint density at radius 2 is 2.05 bits per heavy atom. The van der Waals surface area contributed by atoms with Gasteiger partial charge in [-0.2, -0.15) is 5.26 Å².